The normalized spacial score (nSPS) is 25.1. The molecule has 3 atom stereocenters. The van der Waals surface area contributed by atoms with Gasteiger partial charge in [-0.15, -0.1) is 11.8 Å². The Labute approximate surface area is 182 Å². The van der Waals surface area contributed by atoms with E-state index in [1.165, 1.54) is 0 Å². The van der Waals surface area contributed by atoms with Gasteiger partial charge in [0.25, 0.3) is 0 Å². The minimum Gasteiger partial charge on any atom is -0.463 e. The maximum atomic E-state index is 12.9. The van der Waals surface area contributed by atoms with Crippen molar-refractivity contribution in [3.8, 4) is 0 Å². The highest BCUT2D eigenvalue weighted by Crippen LogP contribution is 2.50. The first-order valence-electron chi connectivity index (χ1n) is 10.6. The maximum absolute atomic E-state index is 12.9. The number of esters is 1. The van der Waals surface area contributed by atoms with Gasteiger partial charge in [-0.2, -0.15) is 0 Å². The van der Waals surface area contributed by atoms with Crippen molar-refractivity contribution in [3.05, 3.63) is 35.9 Å². The number of carbonyl (C=O) groups is 3. The predicted molar refractivity (Wildman–Crippen MR) is 117 cm³/mol. The summed E-state index contributed by atoms with van der Waals surface area (Å²) < 4.78 is 4.94. The Kier molecular flexibility index (Phi) is 7.41. The molecule has 2 amide bonds. The van der Waals surface area contributed by atoms with Gasteiger partial charge in [0.15, 0.2) is 0 Å². The van der Waals surface area contributed by atoms with Crippen LogP contribution in [0.5, 0.6) is 0 Å². The molecule has 3 rings (SSSR count). The molecule has 1 aromatic rings. The minimum absolute atomic E-state index is 0.0196. The van der Waals surface area contributed by atoms with Gasteiger partial charge in [-0.05, 0) is 25.6 Å². The number of likely N-dealkylation sites (N-methyl/N-ethyl adjacent to an activating group) is 1. The summed E-state index contributed by atoms with van der Waals surface area (Å²) in [6, 6.07) is 8.85. The average Bonchev–Trinajstić information content (AvgIpc) is 2.98. The lowest BCUT2D eigenvalue weighted by atomic mass is 9.96. The maximum Gasteiger partial charge on any atom is 0.330 e. The molecule has 1 aromatic carbocycles. The summed E-state index contributed by atoms with van der Waals surface area (Å²) in [7, 11) is 0. The highest BCUT2D eigenvalue weighted by Gasteiger charge is 2.61. The van der Waals surface area contributed by atoms with Crippen molar-refractivity contribution in [1.29, 1.82) is 0 Å². The molecular weight excluding hydrogens is 402 g/mol. The zero-order valence-electron chi connectivity index (χ0n) is 17.9. The number of carbonyl (C=O) groups excluding carboxylic acids is 3. The number of ether oxygens (including phenoxy) is 1. The molecule has 8 heteroatoms. The van der Waals surface area contributed by atoms with E-state index < -0.39 is 10.8 Å². The second-order valence-corrected chi connectivity index (χ2v) is 9.64. The Morgan fingerprint density at radius 1 is 1.27 bits per heavy atom. The first kappa shape index (κ1) is 22.6. The van der Waals surface area contributed by atoms with E-state index >= 15 is 0 Å². The third-order valence-corrected chi connectivity index (χ3v) is 7.39. The molecule has 2 aliphatic heterocycles. The molecule has 0 saturated carbocycles. The highest BCUT2D eigenvalue weighted by molar-refractivity contribution is 8.01. The number of hydrogen-bond donors (Lipinski definition) is 1. The van der Waals surface area contributed by atoms with E-state index in [0.717, 1.165) is 18.7 Å². The van der Waals surface area contributed by atoms with Crippen LogP contribution in [0.1, 0.15) is 32.8 Å². The smallest absolute Gasteiger partial charge is 0.330 e. The Morgan fingerprint density at radius 3 is 2.60 bits per heavy atom. The monoisotopic (exact) mass is 433 g/mol. The number of benzene rings is 1. The van der Waals surface area contributed by atoms with Crippen molar-refractivity contribution < 1.29 is 19.1 Å². The number of hydrogen-bond acceptors (Lipinski definition) is 6. The molecule has 2 fully saturated rings. The molecule has 7 nitrogen and oxygen atoms in total. The molecule has 2 saturated heterocycles. The molecule has 164 valence electrons. The second kappa shape index (κ2) is 9.83. The van der Waals surface area contributed by atoms with Crippen molar-refractivity contribution in [2.24, 2.45) is 0 Å². The molecule has 30 heavy (non-hydrogen) atoms. The first-order chi connectivity index (χ1) is 14.4. The minimum atomic E-state index is -0.678. The number of nitrogens with zero attached hydrogens (tertiary/aromatic N) is 2. The number of amides is 2. The summed E-state index contributed by atoms with van der Waals surface area (Å²) in [6.07, 6.45) is 0.716. The van der Waals surface area contributed by atoms with Gasteiger partial charge in [0.2, 0.25) is 11.8 Å². The molecule has 0 bridgehead atoms. The Balaban J connectivity index is 1.60. The van der Waals surface area contributed by atoms with Crippen molar-refractivity contribution >= 4 is 29.5 Å². The lowest BCUT2D eigenvalue weighted by Crippen LogP contribution is -2.59. The number of nitrogens with one attached hydrogen (secondary N) is 1. The van der Waals surface area contributed by atoms with Crippen molar-refractivity contribution in [3.63, 3.8) is 0 Å². The molecule has 0 aliphatic carbocycles. The van der Waals surface area contributed by atoms with Crippen LogP contribution in [0.4, 0.5) is 0 Å². The van der Waals surface area contributed by atoms with Crippen molar-refractivity contribution in [2.45, 2.75) is 49.8 Å². The molecular formula is C22H31N3O4S. The number of rotatable bonds is 10. The van der Waals surface area contributed by atoms with Gasteiger partial charge in [0.05, 0.1) is 23.0 Å². The SMILES string of the molecule is CCN(CC)CCOC(=O)[C@@H]1N2C(=O)C[C@H]2SC1(C)CNC(=O)Cc1ccccc1. The largest absolute Gasteiger partial charge is 0.463 e. The van der Waals surface area contributed by atoms with E-state index in [9.17, 15) is 14.4 Å². The Hall–Kier alpha value is -2.06. The van der Waals surface area contributed by atoms with Crippen LogP contribution in [0.25, 0.3) is 0 Å². The molecule has 0 spiro atoms. The molecule has 1 N–H and O–H groups in total. The van der Waals surface area contributed by atoms with E-state index in [0.29, 0.717) is 26.1 Å². The summed E-state index contributed by atoms with van der Waals surface area (Å²) in [5, 5.41) is 2.94. The van der Waals surface area contributed by atoms with Gasteiger partial charge in [0.1, 0.15) is 12.6 Å². The fourth-order valence-electron chi connectivity index (χ4n) is 3.99. The summed E-state index contributed by atoms with van der Waals surface area (Å²) in [6.45, 7) is 9.12. The van der Waals surface area contributed by atoms with E-state index in [-0.39, 0.29) is 29.6 Å². The van der Waals surface area contributed by atoms with E-state index in [1.54, 1.807) is 16.7 Å². The van der Waals surface area contributed by atoms with Crippen LogP contribution in [0.15, 0.2) is 30.3 Å². The molecule has 0 aromatic heterocycles. The lowest BCUT2D eigenvalue weighted by Gasteiger charge is -2.38. The van der Waals surface area contributed by atoms with Crippen LogP contribution in [0.3, 0.4) is 0 Å². The fourth-order valence-corrected chi connectivity index (χ4v) is 5.69. The van der Waals surface area contributed by atoms with Gasteiger partial charge in [0, 0.05) is 13.1 Å². The van der Waals surface area contributed by atoms with Crippen LogP contribution in [-0.2, 0) is 25.5 Å². The third-order valence-electron chi connectivity index (χ3n) is 5.82. The first-order valence-corrected chi connectivity index (χ1v) is 11.4. The molecule has 2 heterocycles. The summed E-state index contributed by atoms with van der Waals surface area (Å²) >= 11 is 1.58. The second-order valence-electron chi connectivity index (χ2n) is 7.93. The van der Waals surface area contributed by atoms with E-state index in [4.69, 9.17) is 4.74 Å². The molecule has 1 unspecified atom stereocenters. The third kappa shape index (κ3) is 4.98. The van der Waals surface area contributed by atoms with Gasteiger partial charge in [-0.25, -0.2) is 4.79 Å². The van der Waals surface area contributed by atoms with Gasteiger partial charge >= 0.3 is 5.97 Å². The number of thioether (sulfide) groups is 1. The van der Waals surface area contributed by atoms with Crippen LogP contribution in [0.2, 0.25) is 0 Å². The van der Waals surface area contributed by atoms with E-state index in [1.807, 2.05) is 37.3 Å². The van der Waals surface area contributed by atoms with Gasteiger partial charge in [-0.1, -0.05) is 44.2 Å². The Morgan fingerprint density at radius 2 is 1.97 bits per heavy atom. The van der Waals surface area contributed by atoms with Crippen LogP contribution in [0, 0.1) is 0 Å². The summed E-state index contributed by atoms with van der Waals surface area (Å²) in [5.74, 6) is -0.514. The quantitative estimate of drug-likeness (QED) is 0.447. The highest BCUT2D eigenvalue weighted by atomic mass is 32.2. The van der Waals surface area contributed by atoms with Crippen molar-refractivity contribution in [2.75, 3.05) is 32.8 Å². The molecule has 2 aliphatic rings. The zero-order chi connectivity index (χ0) is 21.7. The Bertz CT molecular complexity index is 771. The summed E-state index contributed by atoms with van der Waals surface area (Å²) in [4.78, 5) is 41.3. The van der Waals surface area contributed by atoms with Crippen LogP contribution in [-0.4, -0.2) is 76.5 Å². The van der Waals surface area contributed by atoms with Gasteiger partial charge < -0.3 is 19.9 Å². The lowest BCUT2D eigenvalue weighted by molar-refractivity contribution is -0.161. The fraction of sp³-hybridized carbons (Fsp3) is 0.591. The molecule has 0 radical (unpaired) electrons. The zero-order valence-corrected chi connectivity index (χ0v) is 18.7. The number of fused-ring (bicyclic) bond motifs is 1. The average molecular weight is 434 g/mol. The van der Waals surface area contributed by atoms with E-state index in [2.05, 4.69) is 24.1 Å². The van der Waals surface area contributed by atoms with Gasteiger partial charge in [-0.3, -0.25) is 9.59 Å². The van der Waals surface area contributed by atoms with Crippen LogP contribution >= 0.6 is 11.8 Å². The number of β-lactam (4-membered cyclic amide) rings is 1. The van der Waals surface area contributed by atoms with Crippen molar-refractivity contribution in [1.82, 2.24) is 15.1 Å². The predicted octanol–water partition coefficient (Wildman–Crippen LogP) is 1.66. The van der Waals surface area contributed by atoms with Crippen LogP contribution < -0.4 is 5.32 Å². The summed E-state index contributed by atoms with van der Waals surface area (Å²) in [5.41, 5.74) is 0.936. The standard InChI is InChI=1S/C22H31N3O4S/c1-4-24(5-2)11-12-29-21(28)20-22(3,30-19-14-18(27)25(19)20)15-23-17(26)13-16-9-7-6-8-10-16/h6-10,19-20H,4-5,11-15H2,1-3H3,(H,23,26)/t19-,20+,22?/m1/s1. The topological polar surface area (TPSA) is 79.0 Å².